The number of urea groups is 1. The fraction of sp³-hybridized carbons (Fsp3) is 0.700. The van der Waals surface area contributed by atoms with Gasteiger partial charge in [-0.15, -0.1) is 0 Å². The first kappa shape index (κ1) is 15.4. The van der Waals surface area contributed by atoms with Crippen LogP contribution in [0.4, 0.5) is 4.79 Å². The van der Waals surface area contributed by atoms with Crippen LogP contribution in [0.15, 0.2) is 0 Å². The fourth-order valence-corrected chi connectivity index (χ4v) is 1.16. The van der Waals surface area contributed by atoms with Crippen LogP contribution in [0.5, 0.6) is 0 Å². The molecule has 3 N–H and O–H groups in total. The van der Waals surface area contributed by atoms with Crippen LogP contribution in [0.1, 0.15) is 26.7 Å². The molecule has 0 spiro atoms. The van der Waals surface area contributed by atoms with Crippen molar-refractivity contribution in [1.29, 1.82) is 0 Å². The molecule has 0 aliphatic heterocycles. The van der Waals surface area contributed by atoms with Gasteiger partial charge in [0.05, 0.1) is 0 Å². The number of hydrogen-bond donors (Lipinski definition) is 3. The van der Waals surface area contributed by atoms with Crippen molar-refractivity contribution in [2.45, 2.75) is 32.7 Å². The van der Waals surface area contributed by atoms with Gasteiger partial charge in [-0.05, 0) is 13.3 Å². The molecule has 7 heteroatoms. The zero-order valence-corrected chi connectivity index (χ0v) is 9.99. The molecule has 0 heterocycles. The quantitative estimate of drug-likeness (QED) is 0.591. The number of amides is 3. The summed E-state index contributed by atoms with van der Waals surface area (Å²) in [4.78, 5) is 32.4. The lowest BCUT2D eigenvalue weighted by atomic mass is 10.2. The molecule has 98 valence electrons. The number of carbonyl (C=O) groups is 3. The minimum absolute atomic E-state index is 0.0206. The second kappa shape index (κ2) is 8.51. The van der Waals surface area contributed by atoms with Crippen LogP contribution in [0.3, 0.4) is 0 Å². The van der Waals surface area contributed by atoms with Crippen LogP contribution in [0.25, 0.3) is 0 Å². The monoisotopic (exact) mass is 246 g/mol. The van der Waals surface area contributed by atoms with Gasteiger partial charge >= 0.3 is 12.0 Å². The summed E-state index contributed by atoms with van der Waals surface area (Å²) in [6, 6.07) is -0.623. The second-order valence-electron chi connectivity index (χ2n) is 3.60. The van der Waals surface area contributed by atoms with E-state index in [0.717, 1.165) is 12.8 Å². The molecule has 0 saturated carbocycles. The minimum Gasteiger partial charge on any atom is -0.480 e. The number of carboxylic acid groups (broad SMARTS) is 1. The Bertz CT molecular complexity index is 280. The Hall–Kier alpha value is -1.63. The topological polar surface area (TPSA) is 105 Å². The van der Waals surface area contributed by atoms with Gasteiger partial charge < -0.3 is 15.2 Å². The molecule has 7 nitrogen and oxygen atoms in total. The number of rotatable bonds is 7. The van der Waals surface area contributed by atoms with Gasteiger partial charge in [-0.25, -0.2) is 9.59 Å². The highest BCUT2D eigenvalue weighted by Crippen LogP contribution is 1.93. The molecule has 0 aromatic heterocycles. The van der Waals surface area contributed by atoms with E-state index in [0.29, 0.717) is 0 Å². The van der Waals surface area contributed by atoms with E-state index in [1.165, 1.54) is 0 Å². The highest BCUT2D eigenvalue weighted by atomic mass is 16.5. The van der Waals surface area contributed by atoms with Crippen LogP contribution in [-0.4, -0.2) is 42.3 Å². The molecule has 17 heavy (non-hydrogen) atoms. The van der Waals surface area contributed by atoms with E-state index >= 15 is 0 Å². The van der Waals surface area contributed by atoms with Crippen LogP contribution in [0, 0.1) is 0 Å². The highest BCUT2D eigenvalue weighted by Gasteiger charge is 2.10. The molecule has 0 aromatic rings. The van der Waals surface area contributed by atoms with E-state index in [-0.39, 0.29) is 6.04 Å². The number of hydrogen-bond acceptors (Lipinski definition) is 4. The third-order valence-corrected chi connectivity index (χ3v) is 1.81. The zero-order chi connectivity index (χ0) is 13.3. The SMILES string of the molecule is CCCC(C)NC(=O)NC(=O)COCC(=O)O. The van der Waals surface area contributed by atoms with Gasteiger partial charge in [-0.1, -0.05) is 13.3 Å². The van der Waals surface area contributed by atoms with Gasteiger partial charge in [0, 0.05) is 6.04 Å². The molecule has 3 amide bonds. The van der Waals surface area contributed by atoms with E-state index in [1.807, 2.05) is 19.2 Å². The van der Waals surface area contributed by atoms with Crippen molar-refractivity contribution in [3.8, 4) is 0 Å². The smallest absolute Gasteiger partial charge is 0.329 e. The Kier molecular flexibility index (Phi) is 7.70. The summed E-state index contributed by atoms with van der Waals surface area (Å²) in [6.45, 7) is 2.79. The third kappa shape index (κ3) is 9.31. The van der Waals surface area contributed by atoms with Crippen LogP contribution >= 0.6 is 0 Å². The van der Waals surface area contributed by atoms with Crippen molar-refractivity contribution in [3.05, 3.63) is 0 Å². The van der Waals surface area contributed by atoms with Crippen molar-refractivity contribution >= 4 is 17.9 Å². The minimum atomic E-state index is -1.17. The average molecular weight is 246 g/mol. The maximum Gasteiger partial charge on any atom is 0.329 e. The summed E-state index contributed by atoms with van der Waals surface area (Å²) in [6.07, 6.45) is 1.74. The molecule has 0 aromatic carbocycles. The molecular formula is C10H18N2O5. The number of aliphatic carboxylic acids is 1. The molecule has 1 unspecified atom stereocenters. The average Bonchev–Trinajstić information content (AvgIpc) is 2.16. The molecule has 0 bridgehead atoms. The number of ether oxygens (including phenoxy) is 1. The Morgan fingerprint density at radius 3 is 2.47 bits per heavy atom. The maximum absolute atomic E-state index is 11.2. The zero-order valence-electron chi connectivity index (χ0n) is 9.99. The summed E-state index contributed by atoms with van der Waals surface area (Å²) in [7, 11) is 0. The molecule has 0 saturated heterocycles. The van der Waals surface area contributed by atoms with Gasteiger partial charge in [-0.2, -0.15) is 0 Å². The summed E-state index contributed by atoms with van der Waals surface area (Å²) in [5, 5.41) is 12.9. The molecule has 0 fully saturated rings. The van der Waals surface area contributed by atoms with E-state index in [4.69, 9.17) is 5.11 Å². The molecule has 0 radical (unpaired) electrons. The lowest BCUT2D eigenvalue weighted by Gasteiger charge is -2.12. The standard InChI is InChI=1S/C10H18N2O5/c1-3-4-7(2)11-10(16)12-8(13)5-17-6-9(14)15/h7H,3-6H2,1-2H3,(H,14,15)(H2,11,12,13,16). The van der Waals surface area contributed by atoms with Gasteiger partial charge in [0.2, 0.25) is 0 Å². The largest absolute Gasteiger partial charge is 0.480 e. The number of nitrogens with one attached hydrogen (secondary N) is 2. The summed E-state index contributed by atoms with van der Waals surface area (Å²) in [5.74, 6) is -1.84. The van der Waals surface area contributed by atoms with Crippen LogP contribution < -0.4 is 10.6 Å². The summed E-state index contributed by atoms with van der Waals surface area (Å²) >= 11 is 0. The fourth-order valence-electron chi connectivity index (χ4n) is 1.16. The van der Waals surface area contributed by atoms with Gasteiger partial charge in [-0.3, -0.25) is 10.1 Å². The Morgan fingerprint density at radius 2 is 1.94 bits per heavy atom. The molecule has 0 aliphatic carbocycles. The first-order chi connectivity index (χ1) is 7.95. The van der Waals surface area contributed by atoms with Crippen molar-refractivity contribution in [3.63, 3.8) is 0 Å². The normalized spacial score (nSPS) is 11.6. The summed E-state index contributed by atoms with van der Waals surface area (Å²) < 4.78 is 4.52. The van der Waals surface area contributed by atoms with Crippen molar-refractivity contribution in [1.82, 2.24) is 10.6 Å². The van der Waals surface area contributed by atoms with Crippen molar-refractivity contribution in [2.24, 2.45) is 0 Å². The lowest BCUT2D eigenvalue weighted by Crippen LogP contribution is -2.44. The molecule has 0 rings (SSSR count). The van der Waals surface area contributed by atoms with Crippen LogP contribution in [-0.2, 0) is 14.3 Å². The first-order valence-corrected chi connectivity index (χ1v) is 5.35. The van der Waals surface area contributed by atoms with Gasteiger partial charge in [0.25, 0.3) is 5.91 Å². The van der Waals surface area contributed by atoms with E-state index < -0.39 is 31.1 Å². The third-order valence-electron chi connectivity index (χ3n) is 1.81. The van der Waals surface area contributed by atoms with E-state index in [1.54, 1.807) is 0 Å². The second-order valence-corrected chi connectivity index (χ2v) is 3.60. The van der Waals surface area contributed by atoms with Gasteiger partial charge in [0.15, 0.2) is 0 Å². The van der Waals surface area contributed by atoms with Crippen molar-refractivity contribution < 1.29 is 24.2 Å². The number of carboxylic acids is 1. The van der Waals surface area contributed by atoms with Crippen molar-refractivity contribution in [2.75, 3.05) is 13.2 Å². The number of imide groups is 1. The predicted molar refractivity (Wildman–Crippen MR) is 59.5 cm³/mol. The Morgan fingerprint density at radius 1 is 1.29 bits per heavy atom. The molecule has 0 aliphatic rings. The predicted octanol–water partition coefficient (Wildman–Crippen LogP) is 0.102. The number of carbonyl (C=O) groups excluding carboxylic acids is 2. The lowest BCUT2D eigenvalue weighted by molar-refractivity contribution is -0.143. The van der Waals surface area contributed by atoms with Crippen LogP contribution in [0.2, 0.25) is 0 Å². The highest BCUT2D eigenvalue weighted by molar-refractivity contribution is 5.95. The van der Waals surface area contributed by atoms with Gasteiger partial charge in [0.1, 0.15) is 13.2 Å². The molecule has 1 atom stereocenters. The van der Waals surface area contributed by atoms with E-state index in [2.05, 4.69) is 10.1 Å². The Balaban J connectivity index is 3.72. The Labute approximate surface area is 99.5 Å². The molecular weight excluding hydrogens is 228 g/mol. The van der Waals surface area contributed by atoms with E-state index in [9.17, 15) is 14.4 Å². The maximum atomic E-state index is 11.2. The first-order valence-electron chi connectivity index (χ1n) is 5.35. The summed E-state index contributed by atoms with van der Waals surface area (Å²) in [5.41, 5.74) is 0.